The van der Waals surface area contributed by atoms with Gasteiger partial charge in [-0.25, -0.2) is 0 Å². The van der Waals surface area contributed by atoms with Crippen molar-refractivity contribution in [2.75, 3.05) is 20.8 Å². The van der Waals surface area contributed by atoms with Crippen molar-refractivity contribution in [1.82, 2.24) is 0 Å². The third kappa shape index (κ3) is 4.69. The zero-order valence-electron chi connectivity index (χ0n) is 13.5. The number of methoxy groups -OCH3 is 2. The molecule has 0 radical (unpaired) electrons. The van der Waals surface area contributed by atoms with Crippen molar-refractivity contribution in [1.29, 1.82) is 0 Å². The summed E-state index contributed by atoms with van der Waals surface area (Å²) in [5.74, 6) is -1.09. The molecule has 116 valence electrons. The largest absolute Gasteiger partial charge is 0.376 e. The number of hydrogen-bond acceptors (Lipinski definition) is 4. The van der Waals surface area contributed by atoms with Crippen LogP contribution in [-0.2, 0) is 19.0 Å². The highest BCUT2D eigenvalue weighted by molar-refractivity contribution is 6.01. The summed E-state index contributed by atoms with van der Waals surface area (Å²) in [6.07, 6.45) is 6.14. The van der Waals surface area contributed by atoms with Gasteiger partial charge in [-0.3, -0.25) is 4.79 Å². The lowest BCUT2D eigenvalue weighted by Crippen LogP contribution is -2.46. The molecule has 1 aliphatic rings. The molecule has 1 saturated carbocycles. The first-order valence-electron chi connectivity index (χ1n) is 7.33. The van der Waals surface area contributed by atoms with Gasteiger partial charge in [0.2, 0.25) is 11.6 Å². The number of hydrogen-bond donors (Lipinski definition) is 0. The number of ketones is 1. The number of ether oxygens (including phenoxy) is 3. The first kappa shape index (κ1) is 17.3. The Bertz CT molecular complexity index is 348. The van der Waals surface area contributed by atoms with Crippen LogP contribution in [0.3, 0.4) is 0 Å². The minimum Gasteiger partial charge on any atom is -0.376 e. The van der Waals surface area contributed by atoms with E-state index in [2.05, 4.69) is 0 Å². The van der Waals surface area contributed by atoms with Crippen LogP contribution >= 0.6 is 0 Å². The quantitative estimate of drug-likeness (QED) is 0.427. The highest BCUT2D eigenvalue weighted by Gasteiger charge is 2.42. The van der Waals surface area contributed by atoms with Gasteiger partial charge >= 0.3 is 0 Å². The maximum absolute atomic E-state index is 12.4. The topological polar surface area (TPSA) is 44.8 Å². The summed E-state index contributed by atoms with van der Waals surface area (Å²) >= 11 is 0. The molecule has 0 aromatic rings. The van der Waals surface area contributed by atoms with Gasteiger partial charge in [0.1, 0.15) is 0 Å². The van der Waals surface area contributed by atoms with E-state index in [0.717, 1.165) is 31.3 Å². The van der Waals surface area contributed by atoms with Crippen molar-refractivity contribution in [3.63, 3.8) is 0 Å². The van der Waals surface area contributed by atoms with Gasteiger partial charge in [-0.15, -0.1) is 0 Å². The Balaban J connectivity index is 2.50. The highest BCUT2D eigenvalue weighted by Crippen LogP contribution is 2.32. The van der Waals surface area contributed by atoms with Crippen LogP contribution in [0.2, 0.25) is 0 Å². The van der Waals surface area contributed by atoms with Gasteiger partial charge in [0, 0.05) is 27.2 Å². The molecule has 20 heavy (non-hydrogen) atoms. The minimum absolute atomic E-state index is 0.0227. The average molecular weight is 284 g/mol. The molecule has 0 aromatic carbocycles. The van der Waals surface area contributed by atoms with Crippen molar-refractivity contribution < 1.29 is 19.0 Å². The molecular formula is C16H28O4. The number of carbonyl (C=O) groups excluding carboxylic acids is 1. The van der Waals surface area contributed by atoms with Crippen LogP contribution in [0.4, 0.5) is 0 Å². The van der Waals surface area contributed by atoms with Crippen molar-refractivity contribution in [3.8, 4) is 0 Å². The van der Waals surface area contributed by atoms with E-state index in [-0.39, 0.29) is 11.4 Å². The van der Waals surface area contributed by atoms with Crippen molar-refractivity contribution in [2.24, 2.45) is 0 Å². The number of carbonyl (C=O) groups is 1. The van der Waals surface area contributed by atoms with E-state index in [1.807, 2.05) is 26.8 Å². The third-order valence-electron chi connectivity index (χ3n) is 3.52. The summed E-state index contributed by atoms with van der Waals surface area (Å²) in [7, 11) is 3.06. The summed E-state index contributed by atoms with van der Waals surface area (Å²) in [5.41, 5.74) is 0.727. The van der Waals surface area contributed by atoms with Crippen molar-refractivity contribution in [3.05, 3.63) is 11.6 Å². The second kappa shape index (κ2) is 7.34. The molecule has 0 amide bonds. The van der Waals surface area contributed by atoms with Crippen LogP contribution in [0.25, 0.3) is 0 Å². The number of Topliss-reactive ketones (excluding diaryl/α,β-unsaturated/α-hetero) is 1. The van der Waals surface area contributed by atoms with Gasteiger partial charge in [-0.2, -0.15) is 0 Å². The summed E-state index contributed by atoms with van der Waals surface area (Å²) in [6, 6.07) is 0. The fourth-order valence-electron chi connectivity index (χ4n) is 2.39. The van der Waals surface area contributed by atoms with Crippen LogP contribution in [0, 0.1) is 0 Å². The van der Waals surface area contributed by atoms with Crippen LogP contribution < -0.4 is 0 Å². The molecule has 0 atom stereocenters. The number of unbranched alkanes of at least 4 members (excludes halogenated alkanes) is 1. The number of allylic oxidation sites excluding steroid dienone is 1. The van der Waals surface area contributed by atoms with E-state index in [9.17, 15) is 4.79 Å². The molecule has 1 fully saturated rings. The molecule has 0 aliphatic heterocycles. The molecule has 0 bridgehead atoms. The fourth-order valence-corrected chi connectivity index (χ4v) is 2.39. The summed E-state index contributed by atoms with van der Waals surface area (Å²) in [5, 5.41) is 0. The monoisotopic (exact) mass is 284 g/mol. The van der Waals surface area contributed by atoms with Crippen LogP contribution in [0.15, 0.2) is 11.6 Å². The van der Waals surface area contributed by atoms with E-state index >= 15 is 0 Å². The molecule has 0 spiro atoms. The second-order valence-corrected chi connectivity index (χ2v) is 6.18. The Morgan fingerprint density at radius 2 is 1.90 bits per heavy atom. The van der Waals surface area contributed by atoms with Crippen LogP contribution in [0.1, 0.15) is 52.9 Å². The minimum atomic E-state index is -1.06. The standard InChI is InChI=1S/C16H28O4/c1-15(2,3)20-12-7-6-9-13-10-8-11-16(18-4,19-5)14(13)17/h9H,6-8,10-12H2,1-5H3/b13-9+. The smallest absolute Gasteiger partial charge is 0.232 e. The van der Waals surface area contributed by atoms with E-state index in [1.165, 1.54) is 14.2 Å². The SMILES string of the molecule is COC1(OC)CCC/C(=C\CCCOC(C)(C)C)C1=O. The van der Waals surface area contributed by atoms with Crippen LogP contribution in [0.5, 0.6) is 0 Å². The number of rotatable bonds is 6. The summed E-state index contributed by atoms with van der Waals surface area (Å²) in [6.45, 7) is 6.84. The Kier molecular flexibility index (Phi) is 6.37. The molecule has 1 aliphatic carbocycles. The lowest BCUT2D eigenvalue weighted by Gasteiger charge is -2.33. The van der Waals surface area contributed by atoms with Gasteiger partial charge in [0.05, 0.1) is 5.60 Å². The lowest BCUT2D eigenvalue weighted by molar-refractivity contribution is -0.210. The normalized spacial score (nSPS) is 21.4. The van der Waals surface area contributed by atoms with E-state index in [1.54, 1.807) is 0 Å². The van der Waals surface area contributed by atoms with Crippen molar-refractivity contribution >= 4 is 5.78 Å². The first-order chi connectivity index (χ1) is 9.34. The van der Waals surface area contributed by atoms with Crippen LogP contribution in [-0.4, -0.2) is 38.0 Å². The third-order valence-corrected chi connectivity index (χ3v) is 3.52. The maximum Gasteiger partial charge on any atom is 0.232 e. The molecule has 0 N–H and O–H groups in total. The van der Waals surface area contributed by atoms with Crippen molar-refractivity contribution in [2.45, 2.75) is 64.3 Å². The van der Waals surface area contributed by atoms with E-state index in [0.29, 0.717) is 13.0 Å². The average Bonchev–Trinajstić information content (AvgIpc) is 2.39. The van der Waals surface area contributed by atoms with Gasteiger partial charge in [0.25, 0.3) is 0 Å². The fraction of sp³-hybridized carbons (Fsp3) is 0.812. The summed E-state index contributed by atoms with van der Waals surface area (Å²) < 4.78 is 16.3. The summed E-state index contributed by atoms with van der Waals surface area (Å²) in [4.78, 5) is 12.4. The molecule has 0 heterocycles. The molecule has 4 nitrogen and oxygen atoms in total. The lowest BCUT2D eigenvalue weighted by atomic mass is 9.87. The van der Waals surface area contributed by atoms with Gasteiger partial charge < -0.3 is 14.2 Å². The Hall–Kier alpha value is -0.710. The predicted molar refractivity (Wildman–Crippen MR) is 78.6 cm³/mol. The Labute approximate surface area is 122 Å². The second-order valence-electron chi connectivity index (χ2n) is 6.18. The predicted octanol–water partition coefficient (Wildman–Crippen LogP) is 3.25. The zero-order valence-corrected chi connectivity index (χ0v) is 13.5. The van der Waals surface area contributed by atoms with Gasteiger partial charge in [-0.1, -0.05) is 6.08 Å². The molecule has 1 rings (SSSR count). The Morgan fingerprint density at radius 3 is 2.45 bits per heavy atom. The highest BCUT2D eigenvalue weighted by atomic mass is 16.7. The van der Waals surface area contributed by atoms with E-state index in [4.69, 9.17) is 14.2 Å². The van der Waals surface area contributed by atoms with Gasteiger partial charge in [0.15, 0.2) is 0 Å². The molecule has 0 saturated heterocycles. The van der Waals surface area contributed by atoms with E-state index < -0.39 is 5.79 Å². The maximum atomic E-state index is 12.4. The zero-order chi connectivity index (χ0) is 15.2. The first-order valence-corrected chi connectivity index (χ1v) is 7.33. The Morgan fingerprint density at radius 1 is 1.25 bits per heavy atom. The molecule has 0 unspecified atom stereocenters. The molecular weight excluding hydrogens is 256 g/mol. The van der Waals surface area contributed by atoms with Gasteiger partial charge in [-0.05, 0) is 52.0 Å². The molecule has 0 aromatic heterocycles. The molecule has 4 heteroatoms.